The molecule has 3 aromatic rings. The van der Waals surface area contributed by atoms with Gasteiger partial charge in [-0.1, -0.05) is 42.5 Å². The maximum Gasteiger partial charge on any atom is 0.340 e. The van der Waals surface area contributed by atoms with Crippen LogP contribution in [0, 0.1) is 6.92 Å². The molecule has 1 N–H and O–H groups in total. The molecule has 0 saturated carbocycles. The molecule has 0 fully saturated rings. The van der Waals surface area contributed by atoms with Crippen molar-refractivity contribution in [2.75, 3.05) is 5.32 Å². The van der Waals surface area contributed by atoms with Crippen molar-refractivity contribution >= 4 is 17.6 Å². The second-order valence-corrected chi connectivity index (χ2v) is 5.55. The molecule has 0 radical (unpaired) electrons. The van der Waals surface area contributed by atoms with E-state index >= 15 is 0 Å². The molecular weight excluding hydrogens is 334 g/mol. The Morgan fingerprint density at radius 1 is 1.04 bits per heavy atom. The minimum absolute atomic E-state index is 0.133. The summed E-state index contributed by atoms with van der Waals surface area (Å²) in [6, 6.07) is 16.0. The standard InChI is InChI=1S/C19H17N3O4/c1-13-21-22-18(26-13)12-25-19(24)15-9-5-6-10-16(15)20-17(23)11-14-7-3-2-4-8-14/h2-10H,11-12H2,1H3,(H,20,23). The lowest BCUT2D eigenvalue weighted by molar-refractivity contribution is -0.115. The second-order valence-electron chi connectivity index (χ2n) is 5.55. The van der Waals surface area contributed by atoms with E-state index in [4.69, 9.17) is 9.15 Å². The number of aryl methyl sites for hydroxylation is 1. The Bertz CT molecular complexity index is 906. The second kappa shape index (κ2) is 8.06. The van der Waals surface area contributed by atoms with E-state index in [1.54, 1.807) is 31.2 Å². The highest BCUT2D eigenvalue weighted by Crippen LogP contribution is 2.17. The Labute approximate surface area is 150 Å². The summed E-state index contributed by atoms with van der Waals surface area (Å²) in [7, 11) is 0. The van der Waals surface area contributed by atoms with Crippen LogP contribution in [0.3, 0.4) is 0 Å². The third-order valence-electron chi connectivity index (χ3n) is 3.52. The minimum Gasteiger partial charge on any atom is -0.452 e. The number of aromatic nitrogens is 2. The summed E-state index contributed by atoms with van der Waals surface area (Å²) in [5.41, 5.74) is 1.53. The number of esters is 1. The maximum absolute atomic E-state index is 12.3. The van der Waals surface area contributed by atoms with Crippen molar-refractivity contribution in [3.63, 3.8) is 0 Å². The van der Waals surface area contributed by atoms with Crippen LogP contribution in [0.4, 0.5) is 5.69 Å². The van der Waals surface area contributed by atoms with Crippen molar-refractivity contribution in [2.24, 2.45) is 0 Å². The number of amides is 1. The maximum atomic E-state index is 12.3. The van der Waals surface area contributed by atoms with Crippen LogP contribution in [0.5, 0.6) is 0 Å². The van der Waals surface area contributed by atoms with Crippen LogP contribution >= 0.6 is 0 Å². The van der Waals surface area contributed by atoms with E-state index in [0.717, 1.165) is 5.56 Å². The molecule has 7 heteroatoms. The molecule has 1 heterocycles. The first-order valence-corrected chi connectivity index (χ1v) is 8.01. The normalized spacial score (nSPS) is 10.3. The molecule has 0 saturated heterocycles. The fourth-order valence-electron chi connectivity index (χ4n) is 2.35. The van der Waals surface area contributed by atoms with Crippen molar-refractivity contribution in [1.29, 1.82) is 0 Å². The lowest BCUT2D eigenvalue weighted by Gasteiger charge is -2.10. The van der Waals surface area contributed by atoms with Gasteiger partial charge in [0.25, 0.3) is 5.89 Å². The molecule has 26 heavy (non-hydrogen) atoms. The summed E-state index contributed by atoms with van der Waals surface area (Å²) < 4.78 is 10.3. The molecule has 0 spiro atoms. The smallest absolute Gasteiger partial charge is 0.340 e. The third kappa shape index (κ3) is 4.54. The Balaban J connectivity index is 1.65. The molecule has 132 valence electrons. The van der Waals surface area contributed by atoms with Gasteiger partial charge in [0.05, 0.1) is 17.7 Å². The first-order chi connectivity index (χ1) is 12.6. The summed E-state index contributed by atoms with van der Waals surface area (Å²) >= 11 is 0. The summed E-state index contributed by atoms with van der Waals surface area (Å²) in [4.78, 5) is 24.6. The van der Waals surface area contributed by atoms with Crippen LogP contribution in [-0.4, -0.2) is 22.1 Å². The predicted octanol–water partition coefficient (Wildman–Crippen LogP) is 2.92. The van der Waals surface area contributed by atoms with Crippen LogP contribution in [0.2, 0.25) is 0 Å². The first kappa shape index (κ1) is 17.3. The number of hydrogen-bond donors (Lipinski definition) is 1. The van der Waals surface area contributed by atoms with Crippen LogP contribution in [0.15, 0.2) is 59.0 Å². The van der Waals surface area contributed by atoms with Gasteiger partial charge in [0.1, 0.15) is 0 Å². The van der Waals surface area contributed by atoms with Gasteiger partial charge in [0.15, 0.2) is 6.61 Å². The van der Waals surface area contributed by atoms with Crippen molar-refractivity contribution in [3.05, 3.63) is 77.5 Å². The van der Waals surface area contributed by atoms with Gasteiger partial charge >= 0.3 is 5.97 Å². The van der Waals surface area contributed by atoms with Crippen LogP contribution in [0.1, 0.15) is 27.7 Å². The highest BCUT2D eigenvalue weighted by molar-refractivity contribution is 6.01. The fourth-order valence-corrected chi connectivity index (χ4v) is 2.35. The zero-order valence-corrected chi connectivity index (χ0v) is 14.1. The number of nitrogens with one attached hydrogen (secondary N) is 1. The Hall–Kier alpha value is -3.48. The van der Waals surface area contributed by atoms with Crippen molar-refractivity contribution in [3.8, 4) is 0 Å². The Kier molecular flexibility index (Phi) is 5.38. The quantitative estimate of drug-likeness (QED) is 0.686. The average molecular weight is 351 g/mol. The largest absolute Gasteiger partial charge is 0.452 e. The number of rotatable bonds is 6. The van der Waals surface area contributed by atoms with Crippen LogP contribution in [-0.2, 0) is 22.6 Å². The van der Waals surface area contributed by atoms with Gasteiger partial charge in [-0.15, -0.1) is 10.2 Å². The number of ether oxygens (including phenoxy) is 1. The number of benzene rings is 2. The van der Waals surface area contributed by atoms with E-state index in [0.29, 0.717) is 11.6 Å². The highest BCUT2D eigenvalue weighted by Gasteiger charge is 2.16. The van der Waals surface area contributed by atoms with E-state index in [1.165, 1.54) is 0 Å². The van der Waals surface area contributed by atoms with Crippen molar-refractivity contribution in [1.82, 2.24) is 10.2 Å². The molecule has 0 atom stereocenters. The summed E-state index contributed by atoms with van der Waals surface area (Å²) in [5, 5.41) is 10.2. The van der Waals surface area contributed by atoms with Crippen LogP contribution < -0.4 is 5.32 Å². The molecule has 7 nitrogen and oxygen atoms in total. The van der Waals surface area contributed by atoms with Gasteiger partial charge in [0, 0.05) is 6.92 Å². The van der Waals surface area contributed by atoms with E-state index in [2.05, 4.69) is 15.5 Å². The molecule has 0 unspecified atom stereocenters. The van der Waals surface area contributed by atoms with E-state index in [9.17, 15) is 9.59 Å². The summed E-state index contributed by atoms with van der Waals surface area (Å²) in [6.07, 6.45) is 0.214. The lowest BCUT2D eigenvalue weighted by Crippen LogP contribution is -2.17. The molecule has 0 aliphatic heterocycles. The van der Waals surface area contributed by atoms with E-state index in [-0.39, 0.29) is 30.4 Å². The Morgan fingerprint density at radius 2 is 1.77 bits per heavy atom. The van der Waals surface area contributed by atoms with Crippen molar-refractivity contribution < 1.29 is 18.7 Å². The average Bonchev–Trinajstić information content (AvgIpc) is 3.06. The summed E-state index contributed by atoms with van der Waals surface area (Å²) in [6.45, 7) is 1.52. The Morgan fingerprint density at radius 3 is 2.50 bits per heavy atom. The molecule has 0 aliphatic rings. The summed E-state index contributed by atoms with van der Waals surface area (Å²) in [5.74, 6) is -0.202. The first-order valence-electron chi connectivity index (χ1n) is 8.01. The highest BCUT2D eigenvalue weighted by atomic mass is 16.5. The van der Waals surface area contributed by atoms with Gasteiger partial charge in [-0.05, 0) is 17.7 Å². The number of anilines is 1. The van der Waals surface area contributed by atoms with Gasteiger partial charge in [-0.25, -0.2) is 4.79 Å². The minimum atomic E-state index is -0.587. The zero-order valence-electron chi connectivity index (χ0n) is 14.1. The van der Waals surface area contributed by atoms with Crippen LogP contribution in [0.25, 0.3) is 0 Å². The molecule has 1 aromatic heterocycles. The molecule has 0 bridgehead atoms. The van der Waals surface area contributed by atoms with Gasteiger partial charge in [-0.3, -0.25) is 4.79 Å². The van der Waals surface area contributed by atoms with Gasteiger partial charge in [-0.2, -0.15) is 0 Å². The fraction of sp³-hybridized carbons (Fsp3) is 0.158. The lowest BCUT2D eigenvalue weighted by atomic mass is 10.1. The van der Waals surface area contributed by atoms with Gasteiger partial charge in [0.2, 0.25) is 11.8 Å². The number of para-hydroxylation sites is 1. The topological polar surface area (TPSA) is 94.3 Å². The molecule has 0 aliphatic carbocycles. The predicted molar refractivity (Wildman–Crippen MR) is 93.4 cm³/mol. The van der Waals surface area contributed by atoms with Gasteiger partial charge < -0.3 is 14.5 Å². The monoisotopic (exact) mass is 351 g/mol. The SMILES string of the molecule is Cc1nnc(COC(=O)c2ccccc2NC(=O)Cc2ccccc2)o1. The van der Waals surface area contributed by atoms with E-state index < -0.39 is 5.97 Å². The number of carbonyl (C=O) groups excluding carboxylic acids is 2. The zero-order chi connectivity index (χ0) is 18.4. The number of nitrogens with zero attached hydrogens (tertiary/aromatic N) is 2. The molecule has 2 aromatic carbocycles. The van der Waals surface area contributed by atoms with E-state index in [1.807, 2.05) is 30.3 Å². The molecular formula is C19H17N3O4. The molecule has 3 rings (SSSR count). The molecule has 1 amide bonds. The van der Waals surface area contributed by atoms with Crippen molar-refractivity contribution in [2.45, 2.75) is 20.0 Å². The number of hydrogen-bond acceptors (Lipinski definition) is 6. The third-order valence-corrected chi connectivity index (χ3v) is 3.52. The number of carbonyl (C=O) groups is 2.